The fourth-order valence-electron chi connectivity index (χ4n) is 1.57. The van der Waals surface area contributed by atoms with Crippen LogP contribution in [0.4, 0.5) is 0 Å². The summed E-state index contributed by atoms with van der Waals surface area (Å²) in [6.07, 6.45) is 0. The molecular weight excluding hydrogens is 207 g/mol. The maximum absolute atomic E-state index is 10.9. The Morgan fingerprint density at radius 2 is 1.87 bits per heavy atom. The van der Waals surface area contributed by atoms with E-state index in [9.17, 15) is 8.42 Å². The van der Waals surface area contributed by atoms with E-state index < -0.39 is 10.1 Å². The van der Waals surface area contributed by atoms with Crippen LogP contribution in [0.2, 0.25) is 0 Å². The van der Waals surface area contributed by atoms with Gasteiger partial charge in [-0.1, -0.05) is 0 Å². The Kier molecular flexibility index (Phi) is 2.61. The average molecular weight is 214 g/mol. The van der Waals surface area contributed by atoms with Crippen molar-refractivity contribution < 1.29 is 13.0 Å². The molecule has 2 aromatic rings. The third-order valence-electron chi connectivity index (χ3n) is 2.37. The Labute approximate surface area is 97.1 Å². The van der Waals surface area contributed by atoms with Crippen molar-refractivity contribution in [3.8, 4) is 0 Å². The van der Waals surface area contributed by atoms with Gasteiger partial charge in [-0.3, -0.25) is 0 Å². The van der Waals surface area contributed by atoms with Gasteiger partial charge in [0.15, 0.2) is 0 Å². The fraction of sp³-hybridized carbons (Fsp3) is 0. The van der Waals surface area contributed by atoms with E-state index >= 15 is 0 Å². The molecule has 0 heterocycles. The van der Waals surface area contributed by atoms with E-state index in [1.165, 1.54) is 12.1 Å². The molecule has 0 aliphatic heterocycles. The van der Waals surface area contributed by atoms with E-state index in [0.29, 0.717) is 0 Å². The van der Waals surface area contributed by atoms with Crippen molar-refractivity contribution in [1.82, 2.24) is 0 Å². The monoisotopic (exact) mass is 214 g/mol. The molecular formula is C10H7LiO3S. The average Bonchev–Trinajstić information content (AvgIpc) is 2.16. The standard InChI is InChI=1S/C10H7O3S.Li/c11-14(12,13)10-6-5-8-3-1-2-4-9(8)7-10;/h1-3,5-7H,(H,11,12,13);. The first-order chi connectivity index (χ1) is 6.98. The van der Waals surface area contributed by atoms with E-state index in [1.54, 1.807) is 6.07 Å². The van der Waals surface area contributed by atoms with Gasteiger partial charge >= 0.3 is 97.1 Å². The minimum absolute atomic E-state index is 0.0655. The molecule has 0 saturated heterocycles. The fourth-order valence-corrected chi connectivity index (χ4v) is 2.08. The summed E-state index contributed by atoms with van der Waals surface area (Å²) < 4.78 is 31.8. The Morgan fingerprint density at radius 3 is 2.53 bits per heavy atom. The van der Waals surface area contributed by atoms with E-state index in [4.69, 9.17) is 4.55 Å². The predicted octanol–water partition coefficient (Wildman–Crippen LogP) is 0.880. The second-order valence-corrected chi connectivity index (χ2v) is 4.85. The van der Waals surface area contributed by atoms with Crippen LogP contribution in [0.25, 0.3) is 10.8 Å². The van der Waals surface area contributed by atoms with Crippen molar-refractivity contribution in [2.24, 2.45) is 0 Å². The molecule has 0 aromatic heterocycles. The van der Waals surface area contributed by atoms with Crippen LogP contribution in [0, 0.1) is 0 Å². The SMILES string of the molecule is [Li][c]1cccc2ccc(S(=O)(=O)O)cc12. The zero-order chi connectivity index (χ0) is 11.1. The van der Waals surface area contributed by atoms with Crippen molar-refractivity contribution in [2.75, 3.05) is 0 Å². The molecule has 15 heavy (non-hydrogen) atoms. The summed E-state index contributed by atoms with van der Waals surface area (Å²) in [5.41, 5.74) is 0. The molecule has 5 heteroatoms. The van der Waals surface area contributed by atoms with Crippen LogP contribution in [0.3, 0.4) is 0 Å². The molecule has 0 bridgehead atoms. The van der Waals surface area contributed by atoms with E-state index in [2.05, 4.69) is 0 Å². The predicted molar refractivity (Wildman–Crippen MR) is 59.2 cm³/mol. The Bertz CT molecular complexity index is 620. The van der Waals surface area contributed by atoms with Crippen molar-refractivity contribution in [1.29, 1.82) is 0 Å². The van der Waals surface area contributed by atoms with Crippen LogP contribution in [0.1, 0.15) is 0 Å². The molecule has 0 radical (unpaired) electrons. The van der Waals surface area contributed by atoms with Gasteiger partial charge in [0.1, 0.15) is 0 Å². The van der Waals surface area contributed by atoms with E-state index in [1.807, 2.05) is 35.9 Å². The van der Waals surface area contributed by atoms with Crippen molar-refractivity contribution in [3.05, 3.63) is 36.4 Å². The maximum atomic E-state index is 10.9. The molecule has 0 amide bonds. The molecule has 0 atom stereocenters. The summed E-state index contributed by atoms with van der Waals surface area (Å²) in [5, 5.41) is 1.80. The van der Waals surface area contributed by atoms with Gasteiger partial charge in [0.05, 0.1) is 0 Å². The van der Waals surface area contributed by atoms with Gasteiger partial charge in [-0.15, -0.1) is 0 Å². The number of rotatable bonds is 1. The number of hydrogen-bond donors (Lipinski definition) is 1. The van der Waals surface area contributed by atoms with E-state index in [0.717, 1.165) is 15.0 Å². The summed E-state index contributed by atoms with van der Waals surface area (Å²) in [4.78, 5) is -0.0655. The molecule has 3 nitrogen and oxygen atoms in total. The molecule has 0 aliphatic carbocycles. The van der Waals surface area contributed by atoms with Crippen LogP contribution in [-0.2, 0) is 10.1 Å². The molecule has 0 saturated carbocycles. The Balaban J connectivity index is 2.81. The first kappa shape index (κ1) is 10.7. The minimum atomic E-state index is -4.11. The second-order valence-electron chi connectivity index (χ2n) is 3.43. The van der Waals surface area contributed by atoms with Crippen LogP contribution in [0.15, 0.2) is 41.3 Å². The normalized spacial score (nSPS) is 11.9. The molecule has 0 unspecified atom stereocenters. The number of fused-ring (bicyclic) bond motifs is 1. The third-order valence-corrected chi connectivity index (χ3v) is 3.22. The number of hydrogen-bond acceptors (Lipinski definition) is 2. The van der Waals surface area contributed by atoms with Crippen LogP contribution in [-0.4, -0.2) is 30.7 Å². The van der Waals surface area contributed by atoms with Gasteiger partial charge in [-0.25, -0.2) is 0 Å². The summed E-state index contributed by atoms with van der Waals surface area (Å²) in [6, 6.07) is 10.3. The van der Waals surface area contributed by atoms with Gasteiger partial charge in [0, 0.05) is 0 Å². The summed E-state index contributed by atoms with van der Waals surface area (Å²) in [7, 11) is -4.11. The molecule has 1 N–H and O–H groups in total. The van der Waals surface area contributed by atoms with Crippen LogP contribution >= 0.6 is 0 Å². The zero-order valence-electron chi connectivity index (χ0n) is 8.14. The summed E-state index contributed by atoms with van der Waals surface area (Å²) >= 11 is 1.90. The van der Waals surface area contributed by atoms with Gasteiger partial charge in [-0.05, 0) is 0 Å². The molecule has 0 aliphatic rings. The van der Waals surface area contributed by atoms with Crippen molar-refractivity contribution in [2.45, 2.75) is 4.90 Å². The second kappa shape index (κ2) is 3.65. The van der Waals surface area contributed by atoms with Crippen molar-refractivity contribution >= 4 is 42.8 Å². The first-order valence-electron chi connectivity index (χ1n) is 4.45. The quantitative estimate of drug-likeness (QED) is 0.566. The number of benzene rings is 2. The zero-order valence-corrected chi connectivity index (χ0v) is 8.95. The van der Waals surface area contributed by atoms with Crippen LogP contribution in [0.5, 0.6) is 0 Å². The summed E-state index contributed by atoms with van der Waals surface area (Å²) in [6.45, 7) is 0. The van der Waals surface area contributed by atoms with Gasteiger partial charge in [0.25, 0.3) is 0 Å². The first-order valence-corrected chi connectivity index (χ1v) is 5.89. The topological polar surface area (TPSA) is 54.4 Å². The van der Waals surface area contributed by atoms with Crippen LogP contribution < -0.4 is 4.24 Å². The summed E-state index contributed by atoms with van der Waals surface area (Å²) in [5.74, 6) is 0. The van der Waals surface area contributed by atoms with E-state index in [-0.39, 0.29) is 4.90 Å². The Morgan fingerprint density at radius 1 is 1.13 bits per heavy atom. The molecule has 0 spiro atoms. The third kappa shape index (κ3) is 2.08. The molecule has 72 valence electrons. The van der Waals surface area contributed by atoms with Gasteiger partial charge in [0.2, 0.25) is 0 Å². The van der Waals surface area contributed by atoms with Crippen molar-refractivity contribution in [3.63, 3.8) is 0 Å². The van der Waals surface area contributed by atoms with Gasteiger partial charge < -0.3 is 0 Å². The molecule has 2 rings (SSSR count). The Hall–Kier alpha value is -0.793. The van der Waals surface area contributed by atoms with Gasteiger partial charge in [-0.2, -0.15) is 0 Å². The molecule has 0 fully saturated rings. The molecule has 2 aromatic carbocycles.